The fourth-order valence-corrected chi connectivity index (χ4v) is 1.04. The molecular weight excluding hydrogens is 188 g/mol. The molecule has 0 atom stereocenters. The van der Waals surface area contributed by atoms with Crippen molar-refractivity contribution in [3.05, 3.63) is 23.2 Å². The molecule has 0 bridgehead atoms. The lowest BCUT2D eigenvalue weighted by Crippen LogP contribution is -2.00. The standard InChI is InChI=1S/C9H11ClN2O/c1-2-3-4-8(13)7-5-11-9(10)12-6-7/h5-6H,2-4H2,1H3. The molecule has 0 aliphatic heterocycles. The number of aromatic nitrogens is 2. The Hall–Kier alpha value is -0.960. The maximum Gasteiger partial charge on any atom is 0.222 e. The summed E-state index contributed by atoms with van der Waals surface area (Å²) in [4.78, 5) is 18.9. The first-order valence-electron chi connectivity index (χ1n) is 4.24. The van der Waals surface area contributed by atoms with Gasteiger partial charge in [0.25, 0.3) is 0 Å². The van der Waals surface area contributed by atoms with Crippen molar-refractivity contribution in [3.63, 3.8) is 0 Å². The average molecular weight is 199 g/mol. The molecule has 1 aromatic heterocycles. The van der Waals surface area contributed by atoms with Crippen molar-refractivity contribution in [1.82, 2.24) is 9.97 Å². The summed E-state index contributed by atoms with van der Waals surface area (Å²) in [5.41, 5.74) is 0.540. The van der Waals surface area contributed by atoms with Gasteiger partial charge in [-0.1, -0.05) is 13.3 Å². The third-order valence-electron chi connectivity index (χ3n) is 1.70. The molecule has 0 aromatic carbocycles. The lowest BCUT2D eigenvalue weighted by atomic mass is 10.1. The Labute approximate surface area is 82.2 Å². The fourth-order valence-electron chi connectivity index (χ4n) is 0.938. The summed E-state index contributed by atoms with van der Waals surface area (Å²) in [5.74, 6) is 0.0820. The second-order valence-electron chi connectivity index (χ2n) is 2.77. The number of carbonyl (C=O) groups excluding carboxylic acids is 1. The minimum atomic E-state index is 0.0820. The zero-order valence-corrected chi connectivity index (χ0v) is 8.21. The smallest absolute Gasteiger partial charge is 0.222 e. The summed E-state index contributed by atoms with van der Waals surface area (Å²) in [6.45, 7) is 2.05. The summed E-state index contributed by atoms with van der Waals surface area (Å²) in [6.07, 6.45) is 5.41. The Morgan fingerprint density at radius 1 is 1.46 bits per heavy atom. The van der Waals surface area contributed by atoms with Gasteiger partial charge in [0.1, 0.15) is 0 Å². The second kappa shape index (κ2) is 4.92. The number of nitrogens with zero attached hydrogens (tertiary/aromatic N) is 2. The van der Waals surface area contributed by atoms with Crippen LogP contribution in [0.4, 0.5) is 0 Å². The van der Waals surface area contributed by atoms with Gasteiger partial charge in [-0.25, -0.2) is 9.97 Å². The van der Waals surface area contributed by atoms with Crippen molar-refractivity contribution in [2.75, 3.05) is 0 Å². The van der Waals surface area contributed by atoms with E-state index in [4.69, 9.17) is 11.6 Å². The zero-order chi connectivity index (χ0) is 9.68. The first-order valence-corrected chi connectivity index (χ1v) is 4.62. The average Bonchev–Trinajstić information content (AvgIpc) is 2.15. The van der Waals surface area contributed by atoms with Gasteiger partial charge in [-0.15, -0.1) is 0 Å². The van der Waals surface area contributed by atoms with Gasteiger partial charge in [-0.2, -0.15) is 0 Å². The van der Waals surface area contributed by atoms with E-state index < -0.39 is 0 Å². The van der Waals surface area contributed by atoms with Crippen LogP contribution in [-0.2, 0) is 0 Å². The van der Waals surface area contributed by atoms with Gasteiger partial charge in [0.15, 0.2) is 5.78 Å². The topological polar surface area (TPSA) is 42.9 Å². The lowest BCUT2D eigenvalue weighted by Gasteiger charge is -1.97. The summed E-state index contributed by atoms with van der Waals surface area (Å²) in [6, 6.07) is 0. The van der Waals surface area contributed by atoms with Gasteiger partial charge >= 0.3 is 0 Å². The maximum atomic E-state index is 11.4. The van der Waals surface area contributed by atoms with Crippen LogP contribution in [0.5, 0.6) is 0 Å². The highest BCUT2D eigenvalue weighted by molar-refractivity contribution is 6.28. The van der Waals surface area contributed by atoms with Crippen molar-refractivity contribution in [1.29, 1.82) is 0 Å². The van der Waals surface area contributed by atoms with E-state index in [1.165, 1.54) is 12.4 Å². The van der Waals surface area contributed by atoms with Crippen LogP contribution in [0.1, 0.15) is 36.5 Å². The molecule has 0 amide bonds. The van der Waals surface area contributed by atoms with E-state index in [0.717, 1.165) is 12.8 Å². The molecule has 70 valence electrons. The molecule has 0 saturated heterocycles. The van der Waals surface area contributed by atoms with Crippen molar-refractivity contribution in [3.8, 4) is 0 Å². The molecule has 0 radical (unpaired) electrons. The van der Waals surface area contributed by atoms with Gasteiger partial charge in [-0.05, 0) is 18.0 Å². The Balaban J connectivity index is 2.61. The minimum Gasteiger partial charge on any atom is -0.294 e. The highest BCUT2D eigenvalue weighted by atomic mass is 35.5. The van der Waals surface area contributed by atoms with Crippen molar-refractivity contribution in [2.45, 2.75) is 26.2 Å². The Morgan fingerprint density at radius 2 is 2.08 bits per heavy atom. The molecule has 4 heteroatoms. The molecule has 1 heterocycles. The van der Waals surface area contributed by atoms with Crippen molar-refractivity contribution >= 4 is 17.4 Å². The summed E-state index contributed by atoms with van der Waals surface area (Å²) in [5, 5.41) is 0.173. The van der Waals surface area contributed by atoms with E-state index in [1.807, 2.05) is 6.92 Å². The molecule has 0 N–H and O–H groups in total. The molecule has 0 saturated carbocycles. The molecule has 0 aliphatic rings. The van der Waals surface area contributed by atoms with Crippen LogP contribution in [0.15, 0.2) is 12.4 Å². The number of halogens is 1. The molecule has 0 unspecified atom stereocenters. The number of unbranched alkanes of at least 4 members (excludes halogenated alkanes) is 1. The minimum absolute atomic E-state index is 0.0820. The van der Waals surface area contributed by atoms with Crippen LogP contribution in [0.2, 0.25) is 5.28 Å². The molecular formula is C9H11ClN2O. The third kappa shape index (κ3) is 3.11. The quantitative estimate of drug-likeness (QED) is 0.552. The zero-order valence-electron chi connectivity index (χ0n) is 7.46. The summed E-state index contributed by atoms with van der Waals surface area (Å²) >= 11 is 5.49. The Kier molecular flexibility index (Phi) is 3.83. The second-order valence-corrected chi connectivity index (χ2v) is 3.11. The SMILES string of the molecule is CCCCC(=O)c1cnc(Cl)nc1. The van der Waals surface area contributed by atoms with Gasteiger partial charge in [0.2, 0.25) is 5.28 Å². The monoisotopic (exact) mass is 198 g/mol. The molecule has 0 fully saturated rings. The predicted octanol–water partition coefficient (Wildman–Crippen LogP) is 2.50. The van der Waals surface area contributed by atoms with E-state index >= 15 is 0 Å². The van der Waals surface area contributed by atoms with Gasteiger partial charge in [-0.3, -0.25) is 4.79 Å². The number of ketones is 1. The predicted molar refractivity (Wildman–Crippen MR) is 50.9 cm³/mol. The normalized spacial score (nSPS) is 10.0. The van der Waals surface area contributed by atoms with Crippen LogP contribution in [-0.4, -0.2) is 15.8 Å². The Morgan fingerprint density at radius 3 is 2.62 bits per heavy atom. The van der Waals surface area contributed by atoms with Crippen molar-refractivity contribution in [2.24, 2.45) is 0 Å². The molecule has 0 aliphatic carbocycles. The van der Waals surface area contributed by atoms with Crippen LogP contribution in [0, 0.1) is 0 Å². The van der Waals surface area contributed by atoms with Crippen LogP contribution in [0.3, 0.4) is 0 Å². The highest BCUT2D eigenvalue weighted by Gasteiger charge is 2.05. The van der Waals surface area contributed by atoms with E-state index in [0.29, 0.717) is 12.0 Å². The molecule has 1 aromatic rings. The summed E-state index contributed by atoms with van der Waals surface area (Å²) in [7, 11) is 0. The first kappa shape index (κ1) is 10.1. The highest BCUT2D eigenvalue weighted by Crippen LogP contribution is 2.06. The number of carbonyl (C=O) groups is 1. The number of rotatable bonds is 4. The van der Waals surface area contributed by atoms with E-state index in [1.54, 1.807) is 0 Å². The summed E-state index contributed by atoms with van der Waals surface area (Å²) < 4.78 is 0. The van der Waals surface area contributed by atoms with Crippen LogP contribution in [0.25, 0.3) is 0 Å². The lowest BCUT2D eigenvalue weighted by molar-refractivity contribution is 0.0979. The molecule has 1 rings (SSSR count). The molecule has 3 nitrogen and oxygen atoms in total. The van der Waals surface area contributed by atoms with Crippen LogP contribution < -0.4 is 0 Å². The fraction of sp³-hybridized carbons (Fsp3) is 0.444. The Bertz CT molecular complexity index is 284. The van der Waals surface area contributed by atoms with Crippen LogP contribution >= 0.6 is 11.6 Å². The third-order valence-corrected chi connectivity index (χ3v) is 1.89. The van der Waals surface area contributed by atoms with Gasteiger partial charge in [0, 0.05) is 18.8 Å². The van der Waals surface area contributed by atoms with E-state index in [-0.39, 0.29) is 11.1 Å². The largest absolute Gasteiger partial charge is 0.294 e. The van der Waals surface area contributed by atoms with E-state index in [9.17, 15) is 4.79 Å². The van der Waals surface area contributed by atoms with Gasteiger partial charge in [0.05, 0.1) is 5.56 Å². The van der Waals surface area contributed by atoms with E-state index in [2.05, 4.69) is 9.97 Å². The van der Waals surface area contributed by atoms with Gasteiger partial charge < -0.3 is 0 Å². The maximum absolute atomic E-state index is 11.4. The van der Waals surface area contributed by atoms with Crippen molar-refractivity contribution < 1.29 is 4.79 Å². The number of hydrogen-bond donors (Lipinski definition) is 0. The first-order chi connectivity index (χ1) is 6.24. The number of Topliss-reactive ketones (excluding diaryl/α,β-unsaturated/α-hetero) is 1. The molecule has 0 spiro atoms. The number of hydrogen-bond acceptors (Lipinski definition) is 3. The molecule has 13 heavy (non-hydrogen) atoms.